The number of nitrogens with one attached hydrogen (secondary N) is 2. The summed E-state index contributed by atoms with van der Waals surface area (Å²) in [6.45, 7) is 6.29. The van der Waals surface area contributed by atoms with Crippen LogP contribution in [-0.2, 0) is 19.1 Å². The van der Waals surface area contributed by atoms with Crippen LogP contribution in [-0.4, -0.2) is 64.4 Å². The lowest BCUT2D eigenvalue weighted by molar-refractivity contribution is -0.144. The smallest absolute Gasteiger partial charge is 0.249 e. The van der Waals surface area contributed by atoms with Crippen molar-refractivity contribution >= 4 is 28.6 Å². The van der Waals surface area contributed by atoms with Crippen molar-refractivity contribution in [2.75, 3.05) is 13.7 Å². The first-order valence-electron chi connectivity index (χ1n) is 13.2. The molecule has 0 bridgehead atoms. The Bertz CT molecular complexity index is 1300. The molecule has 3 amide bonds. The topological polar surface area (TPSA) is 137 Å². The van der Waals surface area contributed by atoms with Gasteiger partial charge >= 0.3 is 0 Å². The molecular weight excluding hydrogens is 484 g/mol. The van der Waals surface area contributed by atoms with Gasteiger partial charge in [-0.3, -0.25) is 24.4 Å². The molecule has 3 heterocycles. The summed E-state index contributed by atoms with van der Waals surface area (Å²) in [5.74, 6) is -0.435. The van der Waals surface area contributed by atoms with Gasteiger partial charge in [-0.2, -0.15) is 5.26 Å². The van der Waals surface area contributed by atoms with Crippen LogP contribution in [0.2, 0.25) is 0 Å². The highest BCUT2D eigenvalue weighted by molar-refractivity contribution is 5.94. The third-order valence-electron chi connectivity index (χ3n) is 8.63. The molecule has 6 unspecified atom stereocenters. The summed E-state index contributed by atoms with van der Waals surface area (Å²) in [5, 5.41) is 16.5. The summed E-state index contributed by atoms with van der Waals surface area (Å²) >= 11 is 0. The van der Waals surface area contributed by atoms with E-state index in [0.29, 0.717) is 30.0 Å². The first-order valence-corrected chi connectivity index (χ1v) is 13.2. The minimum absolute atomic E-state index is 0.0234. The van der Waals surface area contributed by atoms with Crippen molar-refractivity contribution in [1.29, 1.82) is 5.26 Å². The number of aromatic nitrogens is 2. The number of nitrogens with zero attached hydrogens (tertiary/aromatic N) is 4. The number of piperidine rings is 1. The normalized spacial score (nSPS) is 25.6. The van der Waals surface area contributed by atoms with Crippen LogP contribution < -0.4 is 10.6 Å². The third kappa shape index (κ3) is 4.71. The fraction of sp³-hybridized carbons (Fsp3) is 0.571. The van der Waals surface area contributed by atoms with E-state index in [-0.39, 0.29) is 35.0 Å². The maximum atomic E-state index is 13.9. The number of hydrogen-bond acceptors (Lipinski definition) is 7. The van der Waals surface area contributed by atoms with Gasteiger partial charge in [0, 0.05) is 43.2 Å². The van der Waals surface area contributed by atoms with Gasteiger partial charge in [-0.1, -0.05) is 26.7 Å². The Morgan fingerprint density at radius 1 is 1.26 bits per heavy atom. The van der Waals surface area contributed by atoms with Crippen LogP contribution in [0.4, 0.5) is 0 Å². The molecular formula is C28H34N6O4. The lowest BCUT2D eigenvalue weighted by Gasteiger charge is -2.33. The van der Waals surface area contributed by atoms with Crippen molar-refractivity contribution in [3.63, 3.8) is 0 Å². The third-order valence-corrected chi connectivity index (χ3v) is 8.63. The van der Waals surface area contributed by atoms with Crippen molar-refractivity contribution < 1.29 is 19.1 Å². The molecule has 10 nitrogen and oxygen atoms in total. The molecule has 3 fully saturated rings. The average Bonchev–Trinajstić information content (AvgIpc) is 3.77. The molecule has 200 valence electrons. The Labute approximate surface area is 222 Å². The zero-order chi connectivity index (χ0) is 27.2. The van der Waals surface area contributed by atoms with Crippen LogP contribution in [0.15, 0.2) is 30.7 Å². The van der Waals surface area contributed by atoms with E-state index >= 15 is 0 Å². The van der Waals surface area contributed by atoms with Gasteiger partial charge in [0.15, 0.2) is 0 Å². The number of methoxy groups -OCH3 is 1. The average molecular weight is 519 g/mol. The van der Waals surface area contributed by atoms with Gasteiger partial charge in [0.1, 0.15) is 24.2 Å². The monoisotopic (exact) mass is 518 g/mol. The number of hydrogen-bond donors (Lipinski definition) is 2. The maximum Gasteiger partial charge on any atom is 0.249 e. The maximum absolute atomic E-state index is 13.9. The predicted molar refractivity (Wildman–Crippen MR) is 138 cm³/mol. The van der Waals surface area contributed by atoms with Crippen LogP contribution in [0, 0.1) is 34.5 Å². The quantitative estimate of drug-likeness (QED) is 0.519. The van der Waals surface area contributed by atoms with Gasteiger partial charge in [0.2, 0.25) is 17.7 Å². The van der Waals surface area contributed by atoms with Gasteiger partial charge < -0.3 is 20.3 Å². The highest BCUT2D eigenvalue weighted by atomic mass is 16.5. The van der Waals surface area contributed by atoms with E-state index in [4.69, 9.17) is 4.74 Å². The second-order valence-corrected chi connectivity index (χ2v) is 11.4. The number of pyridine rings is 2. The molecule has 2 aromatic rings. The summed E-state index contributed by atoms with van der Waals surface area (Å²) in [6, 6.07) is 3.39. The summed E-state index contributed by atoms with van der Waals surface area (Å²) in [6.07, 6.45) is 6.75. The van der Waals surface area contributed by atoms with Gasteiger partial charge in [0.25, 0.3) is 0 Å². The zero-order valence-electron chi connectivity index (χ0n) is 22.2. The lowest BCUT2D eigenvalue weighted by Crippen LogP contribution is -2.57. The molecule has 2 saturated carbocycles. The molecule has 0 spiro atoms. The van der Waals surface area contributed by atoms with Gasteiger partial charge in [-0.15, -0.1) is 0 Å². The number of rotatable bonds is 9. The number of amides is 3. The molecule has 2 aliphatic carbocycles. The van der Waals surface area contributed by atoms with E-state index in [1.165, 1.54) is 7.11 Å². The van der Waals surface area contributed by atoms with Crippen molar-refractivity contribution in [2.45, 2.75) is 64.3 Å². The van der Waals surface area contributed by atoms with Crippen molar-refractivity contribution in [2.24, 2.45) is 23.2 Å². The molecule has 6 atom stereocenters. The van der Waals surface area contributed by atoms with Gasteiger partial charge in [-0.05, 0) is 48.6 Å². The molecule has 2 aromatic heterocycles. The molecule has 5 rings (SSSR count). The Morgan fingerprint density at radius 2 is 2.03 bits per heavy atom. The minimum Gasteiger partial charge on any atom is -0.372 e. The van der Waals surface area contributed by atoms with E-state index in [2.05, 4.69) is 40.5 Å². The van der Waals surface area contributed by atoms with Gasteiger partial charge in [-0.25, -0.2) is 0 Å². The van der Waals surface area contributed by atoms with Crippen LogP contribution >= 0.6 is 0 Å². The number of carbonyl (C=O) groups excluding carboxylic acids is 3. The van der Waals surface area contributed by atoms with Gasteiger partial charge in [0.05, 0.1) is 11.6 Å². The Morgan fingerprint density at radius 3 is 2.71 bits per heavy atom. The number of ether oxygens (including phenoxy) is 1. The first-order chi connectivity index (χ1) is 18.2. The van der Waals surface area contributed by atoms with E-state index in [9.17, 15) is 19.6 Å². The largest absolute Gasteiger partial charge is 0.372 e. The number of nitriles is 1. The Balaban J connectivity index is 1.39. The summed E-state index contributed by atoms with van der Waals surface area (Å²) in [4.78, 5) is 50.5. The molecule has 3 aliphatic rings. The summed E-state index contributed by atoms with van der Waals surface area (Å²) in [5.41, 5.74) is 1.01. The molecule has 38 heavy (non-hydrogen) atoms. The summed E-state index contributed by atoms with van der Waals surface area (Å²) in [7, 11) is 1.45. The van der Waals surface area contributed by atoms with Crippen LogP contribution in [0.3, 0.4) is 0 Å². The highest BCUT2D eigenvalue weighted by Gasteiger charge is 2.69. The van der Waals surface area contributed by atoms with Crippen molar-refractivity contribution in [1.82, 2.24) is 25.5 Å². The molecule has 2 N–H and O–H groups in total. The number of likely N-dealkylation sites (tertiary alicyclic amines) is 1. The molecule has 10 heteroatoms. The van der Waals surface area contributed by atoms with Crippen LogP contribution in [0.5, 0.6) is 0 Å². The second-order valence-electron chi connectivity index (χ2n) is 11.4. The van der Waals surface area contributed by atoms with E-state index in [0.717, 1.165) is 18.2 Å². The number of carbonyl (C=O) groups is 3. The molecule has 0 aromatic carbocycles. The fourth-order valence-electron chi connectivity index (χ4n) is 5.96. The lowest BCUT2D eigenvalue weighted by atomic mass is 9.98. The Kier molecular flexibility index (Phi) is 6.82. The van der Waals surface area contributed by atoms with Crippen LogP contribution in [0.1, 0.15) is 51.6 Å². The SMILES string of the molecule is COC(C)C(=O)NC(CC1CC1)C(=O)N1CC2C(C1C(=O)NC(C#N)c1cncc3cccnc13)C2(C)C. The van der Waals surface area contributed by atoms with E-state index in [1.54, 1.807) is 36.5 Å². The first kappa shape index (κ1) is 26.0. The number of fused-ring (bicyclic) bond motifs is 2. The predicted octanol–water partition coefficient (Wildman–Crippen LogP) is 2.11. The fourth-order valence-corrected chi connectivity index (χ4v) is 5.96. The zero-order valence-corrected chi connectivity index (χ0v) is 22.2. The molecule has 1 saturated heterocycles. The van der Waals surface area contributed by atoms with E-state index in [1.807, 2.05) is 6.07 Å². The highest BCUT2D eigenvalue weighted by Crippen LogP contribution is 2.65. The second kappa shape index (κ2) is 9.95. The van der Waals surface area contributed by atoms with Crippen molar-refractivity contribution in [3.05, 3.63) is 36.3 Å². The summed E-state index contributed by atoms with van der Waals surface area (Å²) < 4.78 is 5.14. The molecule has 0 radical (unpaired) electrons. The molecule has 1 aliphatic heterocycles. The minimum atomic E-state index is -0.976. The van der Waals surface area contributed by atoms with E-state index < -0.39 is 24.2 Å². The van der Waals surface area contributed by atoms with Crippen LogP contribution in [0.25, 0.3) is 10.9 Å². The van der Waals surface area contributed by atoms with Crippen molar-refractivity contribution in [3.8, 4) is 6.07 Å². The standard InChI is InChI=1S/C28H34N6O4/c1-15(38-4)25(35)32-20(10-16-7-8-16)27(37)34-14-19-22(28(19,2)3)24(34)26(36)33-21(11-29)18-13-30-12-17-6-5-9-31-23(17)18/h5-6,9,12-13,15-16,19-22,24H,7-8,10,14H2,1-4H3,(H,32,35)(H,33,36). The Hall–Kier alpha value is -3.58.